The van der Waals surface area contributed by atoms with E-state index in [1.807, 2.05) is 6.07 Å². The number of carbonyl (C=O) groups is 8. The van der Waals surface area contributed by atoms with Crippen molar-refractivity contribution in [2.45, 2.75) is 125 Å². The van der Waals surface area contributed by atoms with Crippen molar-refractivity contribution in [3.8, 4) is 5.75 Å². The Kier molecular flexibility index (Phi) is 23.6. The topological polar surface area (TPSA) is 405 Å². The number of phenols is 1. The summed E-state index contributed by atoms with van der Waals surface area (Å²) in [7, 11) is 0. The number of H-pyrrole nitrogens is 1. The number of benzene rings is 3. The van der Waals surface area contributed by atoms with Gasteiger partial charge in [0.2, 0.25) is 41.4 Å². The van der Waals surface area contributed by atoms with Crippen LogP contribution in [0, 0.1) is 5.41 Å². The molecule has 10 atom stereocenters. The summed E-state index contributed by atoms with van der Waals surface area (Å²) in [6.45, 7) is 5.18. The number of aromatic hydroxyl groups is 1. The van der Waals surface area contributed by atoms with E-state index in [9.17, 15) is 58.8 Å². The van der Waals surface area contributed by atoms with Crippen molar-refractivity contribution in [2.75, 3.05) is 12.3 Å². The van der Waals surface area contributed by atoms with Crippen LogP contribution in [0.2, 0.25) is 0 Å². The monoisotopic (exact) mass is 1110 g/mol. The molecule has 24 nitrogen and oxygen atoms in total. The second kappa shape index (κ2) is 29.2. The van der Waals surface area contributed by atoms with Crippen LogP contribution in [0.5, 0.6) is 5.75 Å². The molecule has 0 saturated carbocycles. The van der Waals surface area contributed by atoms with Gasteiger partial charge in [-0.05, 0) is 81.8 Å². The van der Waals surface area contributed by atoms with Crippen molar-refractivity contribution in [2.24, 2.45) is 11.5 Å². The molecular formula is C51H70N12O12S2. The van der Waals surface area contributed by atoms with Crippen LogP contribution in [0.4, 0.5) is 0 Å². The van der Waals surface area contributed by atoms with E-state index in [1.54, 1.807) is 54.7 Å². The van der Waals surface area contributed by atoms with Gasteiger partial charge in [-0.25, -0.2) is 4.79 Å². The number of para-hydroxylation sites is 1. The van der Waals surface area contributed by atoms with E-state index < -0.39 is 113 Å². The number of nitrogens with two attached hydrogens (primary N) is 2. The van der Waals surface area contributed by atoms with Gasteiger partial charge in [0, 0.05) is 47.0 Å². The third-order valence-electron chi connectivity index (χ3n) is 12.2. The SMILES string of the molecule is C[C@@H](O)[C@H](NC(=O)[C@@H](NC(=O)[C@@H](NC(=O)[C@H](CCCNC(=N)N)NC(=O)[C@@H](Cc1c[nH]c2ccccc12)NC(=O)[C@H](Cc1ccc(O)cc1)NC(=O)[C@H](CS)NC(=O)[C@H](N)Cc1ccccc1)[C@@H](C)O)C(C)(C)S)C(=O)O. The van der Waals surface area contributed by atoms with Crippen LogP contribution in [-0.4, -0.2) is 156 Å². The molecule has 0 unspecified atom stereocenters. The minimum absolute atomic E-state index is 0.0355. The summed E-state index contributed by atoms with van der Waals surface area (Å²) in [5, 5.41) is 68.9. The summed E-state index contributed by atoms with van der Waals surface area (Å²) in [6, 6.07) is 9.87. The van der Waals surface area contributed by atoms with Gasteiger partial charge in [0.15, 0.2) is 12.0 Å². The molecule has 0 fully saturated rings. The molecule has 77 heavy (non-hydrogen) atoms. The first-order chi connectivity index (χ1) is 36.3. The predicted octanol–water partition coefficient (Wildman–Crippen LogP) is -1.63. The predicted molar refractivity (Wildman–Crippen MR) is 293 cm³/mol. The van der Waals surface area contributed by atoms with Crippen LogP contribution >= 0.6 is 25.3 Å². The number of aliphatic hydroxyl groups excluding tert-OH is 2. The van der Waals surface area contributed by atoms with Crippen LogP contribution in [-0.2, 0) is 57.6 Å². The molecule has 0 bridgehead atoms. The summed E-state index contributed by atoms with van der Waals surface area (Å²) in [6.07, 6.45) is -1.91. The van der Waals surface area contributed by atoms with E-state index in [0.717, 1.165) is 19.4 Å². The Hall–Kier alpha value is -7.39. The quantitative estimate of drug-likeness (QED) is 0.0126. The second-order valence-electron chi connectivity index (χ2n) is 19.0. The number of aliphatic carboxylic acids is 1. The summed E-state index contributed by atoms with van der Waals surface area (Å²) in [5.41, 5.74) is 14.2. The van der Waals surface area contributed by atoms with Crippen molar-refractivity contribution in [3.05, 3.63) is 102 Å². The zero-order chi connectivity index (χ0) is 57.1. The third-order valence-corrected chi connectivity index (χ3v) is 12.8. The van der Waals surface area contributed by atoms with Gasteiger partial charge in [0.05, 0.1) is 18.2 Å². The van der Waals surface area contributed by atoms with E-state index in [4.69, 9.17) is 16.9 Å². The normalized spacial score (nSPS) is 15.3. The zero-order valence-electron chi connectivity index (χ0n) is 42.9. The lowest BCUT2D eigenvalue weighted by Crippen LogP contribution is -2.64. The highest BCUT2D eigenvalue weighted by Crippen LogP contribution is 2.21. The number of aromatic nitrogens is 1. The number of thiol groups is 2. The van der Waals surface area contributed by atoms with E-state index >= 15 is 0 Å². The molecule has 0 spiro atoms. The molecule has 1 aromatic heterocycles. The zero-order valence-corrected chi connectivity index (χ0v) is 44.7. The summed E-state index contributed by atoms with van der Waals surface area (Å²) < 4.78 is -1.40. The van der Waals surface area contributed by atoms with Gasteiger partial charge in [-0.3, -0.25) is 39.0 Å². The van der Waals surface area contributed by atoms with Gasteiger partial charge in [-0.1, -0.05) is 60.7 Å². The lowest BCUT2D eigenvalue weighted by Gasteiger charge is -2.33. The molecule has 26 heteroatoms. The van der Waals surface area contributed by atoms with Gasteiger partial charge < -0.3 is 79.4 Å². The van der Waals surface area contributed by atoms with E-state index in [1.165, 1.54) is 38.1 Å². The number of carboxylic acid groups (broad SMARTS) is 1. The van der Waals surface area contributed by atoms with Gasteiger partial charge >= 0.3 is 5.97 Å². The fourth-order valence-electron chi connectivity index (χ4n) is 7.93. The summed E-state index contributed by atoms with van der Waals surface area (Å²) in [5.74, 6) is -8.75. The number of carbonyl (C=O) groups excluding carboxylic acids is 7. The Bertz CT molecular complexity index is 2690. The number of guanidine groups is 1. The Morgan fingerprint density at radius 1 is 0.649 bits per heavy atom. The molecule has 3 aromatic carbocycles. The fourth-order valence-corrected chi connectivity index (χ4v) is 8.37. The van der Waals surface area contributed by atoms with Crippen LogP contribution in [0.3, 0.4) is 0 Å². The second-order valence-corrected chi connectivity index (χ2v) is 20.5. The number of amides is 7. The lowest BCUT2D eigenvalue weighted by atomic mass is 9.99. The molecule has 0 saturated heterocycles. The molecule has 418 valence electrons. The first-order valence-corrected chi connectivity index (χ1v) is 25.6. The maximum Gasteiger partial charge on any atom is 0.328 e. The van der Waals surface area contributed by atoms with Crippen molar-refractivity contribution >= 4 is 89.4 Å². The molecule has 18 N–H and O–H groups in total. The Morgan fingerprint density at radius 3 is 1.74 bits per heavy atom. The molecule has 7 amide bonds. The fraction of sp³-hybridized carbons (Fsp3) is 0.431. The van der Waals surface area contributed by atoms with Crippen molar-refractivity contribution < 1.29 is 58.8 Å². The minimum Gasteiger partial charge on any atom is -0.508 e. The molecule has 0 aliphatic carbocycles. The average molecular weight is 1110 g/mol. The van der Waals surface area contributed by atoms with Gasteiger partial charge in [-0.2, -0.15) is 25.3 Å². The molecule has 1 heterocycles. The number of rotatable bonds is 29. The van der Waals surface area contributed by atoms with Gasteiger partial charge in [0.25, 0.3) is 0 Å². The number of nitrogens with one attached hydrogen (secondary N) is 10. The van der Waals surface area contributed by atoms with E-state index in [-0.39, 0.29) is 56.1 Å². The van der Waals surface area contributed by atoms with E-state index in [2.05, 4.69) is 72.8 Å². The number of hydrogen-bond acceptors (Lipinski definition) is 15. The van der Waals surface area contributed by atoms with Crippen LogP contribution < -0.4 is 54.0 Å². The standard InChI is InChI=1S/C51H70N12O12S2/c1-26(64)39(47(72)63-41(51(3,4)77)48(73)62-40(27(2)65)49(74)75)61-43(68)35(15-10-20-55-50(53)54)57-45(70)37(23-30-24-56-34-14-9-8-13-32(30)34)59-44(69)36(22-29-16-18-31(66)19-17-29)58-46(71)38(25-76)60-42(67)33(52)21-28-11-6-5-7-12-28/h5-9,11-14,16-19,24,26-27,33,35-41,56,64-66,76-77H,10,15,20-23,25,52H2,1-4H3,(H,57,70)(H,58,71)(H,59,69)(H,60,67)(H,61,68)(H,62,73)(H,63,72)(H,74,75)(H4,53,54,55)/t26-,27-,33-,35+,36+,37-,38+,39+,40+,41-/m1/s1. The smallest absolute Gasteiger partial charge is 0.328 e. The third kappa shape index (κ3) is 19.3. The van der Waals surface area contributed by atoms with E-state index in [0.29, 0.717) is 22.0 Å². The van der Waals surface area contributed by atoms with Crippen LogP contribution in [0.1, 0.15) is 57.2 Å². The Balaban J connectivity index is 1.67. The largest absolute Gasteiger partial charge is 0.508 e. The lowest BCUT2D eigenvalue weighted by molar-refractivity contribution is -0.145. The maximum atomic E-state index is 14.8. The number of phenolic OH excluding ortho intramolecular Hbond substituents is 1. The molecule has 0 aliphatic rings. The molecule has 4 aromatic rings. The average Bonchev–Trinajstić information content (AvgIpc) is 3.78. The number of hydrogen-bond donors (Lipinski definition) is 18. The number of carboxylic acids is 1. The molecular weight excluding hydrogens is 1040 g/mol. The summed E-state index contributed by atoms with van der Waals surface area (Å²) in [4.78, 5) is 113. The van der Waals surface area contributed by atoms with Crippen molar-refractivity contribution in [1.82, 2.24) is 47.5 Å². The Labute approximate surface area is 455 Å². The number of aliphatic hydroxyl groups is 2. The van der Waals surface area contributed by atoms with Gasteiger partial charge in [0.1, 0.15) is 42.0 Å². The molecule has 0 radical (unpaired) electrons. The number of fused-ring (bicyclic) bond motifs is 1. The highest BCUT2D eigenvalue weighted by atomic mass is 32.1. The van der Waals surface area contributed by atoms with Crippen molar-refractivity contribution in [3.63, 3.8) is 0 Å². The summed E-state index contributed by atoms with van der Waals surface area (Å²) >= 11 is 8.71. The molecule has 0 aliphatic heterocycles. The van der Waals surface area contributed by atoms with Crippen LogP contribution in [0.25, 0.3) is 10.9 Å². The first-order valence-electron chi connectivity index (χ1n) is 24.5. The highest BCUT2D eigenvalue weighted by Gasteiger charge is 2.40. The minimum atomic E-state index is -1.81. The van der Waals surface area contributed by atoms with Gasteiger partial charge in [-0.15, -0.1) is 0 Å². The van der Waals surface area contributed by atoms with Crippen molar-refractivity contribution in [1.29, 1.82) is 5.41 Å². The first kappa shape index (κ1) is 62.2. The number of aromatic amines is 1. The highest BCUT2D eigenvalue weighted by molar-refractivity contribution is 7.81. The maximum absolute atomic E-state index is 14.8. The Morgan fingerprint density at radius 2 is 1.17 bits per heavy atom. The van der Waals surface area contributed by atoms with Crippen LogP contribution in [0.15, 0.2) is 85.1 Å². The molecule has 4 rings (SSSR count).